The number of benzene rings is 2. The van der Waals surface area contributed by atoms with Crippen LogP contribution in [0.25, 0.3) is 11.0 Å². The summed E-state index contributed by atoms with van der Waals surface area (Å²) in [6.07, 6.45) is 2.85. The molecule has 1 aromatic heterocycles. The van der Waals surface area contributed by atoms with Crippen LogP contribution in [0.2, 0.25) is 0 Å². The largest absolute Gasteiger partial charge is 0.371 e. The van der Waals surface area contributed by atoms with Gasteiger partial charge in [-0.25, -0.2) is 4.98 Å². The SMILES string of the molecule is Cc1ccc(N2CC[C@H](CNC(=O)Cn3cnc4ccccc43)C2)cc1. The fourth-order valence-corrected chi connectivity index (χ4v) is 3.59. The Morgan fingerprint density at radius 2 is 2.00 bits per heavy atom. The van der Waals surface area contributed by atoms with Gasteiger partial charge in [-0.2, -0.15) is 0 Å². The highest BCUT2D eigenvalue weighted by atomic mass is 16.1. The second kappa shape index (κ2) is 7.20. The Morgan fingerprint density at radius 1 is 1.19 bits per heavy atom. The van der Waals surface area contributed by atoms with Crippen LogP contribution in [-0.2, 0) is 11.3 Å². The van der Waals surface area contributed by atoms with E-state index in [2.05, 4.69) is 46.4 Å². The molecule has 1 aliphatic rings. The fraction of sp³-hybridized carbons (Fsp3) is 0.333. The minimum absolute atomic E-state index is 0.0435. The summed E-state index contributed by atoms with van der Waals surface area (Å²) in [4.78, 5) is 19.1. The van der Waals surface area contributed by atoms with Crippen molar-refractivity contribution >= 4 is 22.6 Å². The van der Waals surface area contributed by atoms with E-state index in [1.807, 2.05) is 28.8 Å². The van der Waals surface area contributed by atoms with Gasteiger partial charge in [0.05, 0.1) is 17.4 Å². The molecule has 5 heteroatoms. The van der Waals surface area contributed by atoms with E-state index in [9.17, 15) is 4.79 Å². The quantitative estimate of drug-likeness (QED) is 0.771. The molecule has 1 saturated heterocycles. The van der Waals surface area contributed by atoms with Gasteiger partial charge in [0.2, 0.25) is 5.91 Å². The maximum atomic E-state index is 12.3. The molecule has 1 aliphatic heterocycles. The number of nitrogens with zero attached hydrogens (tertiary/aromatic N) is 3. The molecule has 26 heavy (non-hydrogen) atoms. The van der Waals surface area contributed by atoms with Crippen LogP contribution in [0.15, 0.2) is 54.9 Å². The van der Waals surface area contributed by atoms with Crippen LogP contribution in [0.3, 0.4) is 0 Å². The number of carbonyl (C=O) groups excluding carboxylic acids is 1. The summed E-state index contributed by atoms with van der Waals surface area (Å²) in [5, 5.41) is 3.09. The van der Waals surface area contributed by atoms with Gasteiger partial charge < -0.3 is 14.8 Å². The zero-order valence-corrected chi connectivity index (χ0v) is 15.1. The molecule has 1 atom stereocenters. The molecule has 134 valence electrons. The first-order chi connectivity index (χ1) is 12.7. The number of aryl methyl sites for hydroxylation is 1. The molecular formula is C21H24N4O. The summed E-state index contributed by atoms with van der Waals surface area (Å²) < 4.78 is 1.90. The number of rotatable bonds is 5. The van der Waals surface area contributed by atoms with Crippen LogP contribution >= 0.6 is 0 Å². The highest BCUT2D eigenvalue weighted by Crippen LogP contribution is 2.23. The highest BCUT2D eigenvalue weighted by Gasteiger charge is 2.23. The van der Waals surface area contributed by atoms with Crippen molar-refractivity contribution in [2.45, 2.75) is 19.9 Å². The molecule has 0 radical (unpaired) electrons. The van der Waals surface area contributed by atoms with Gasteiger partial charge >= 0.3 is 0 Å². The summed E-state index contributed by atoms with van der Waals surface area (Å²) in [7, 11) is 0. The van der Waals surface area contributed by atoms with Crippen molar-refractivity contribution in [1.29, 1.82) is 0 Å². The number of carbonyl (C=O) groups is 1. The van der Waals surface area contributed by atoms with Crippen molar-refractivity contribution < 1.29 is 4.79 Å². The van der Waals surface area contributed by atoms with E-state index < -0.39 is 0 Å². The number of imidazole rings is 1. The van der Waals surface area contributed by atoms with Crippen molar-refractivity contribution in [2.24, 2.45) is 5.92 Å². The summed E-state index contributed by atoms with van der Waals surface area (Å²) in [5.74, 6) is 0.543. The summed E-state index contributed by atoms with van der Waals surface area (Å²) in [5.41, 5.74) is 4.47. The van der Waals surface area contributed by atoms with Gasteiger partial charge in [-0.3, -0.25) is 4.79 Å². The van der Waals surface area contributed by atoms with E-state index in [1.165, 1.54) is 11.3 Å². The molecule has 0 saturated carbocycles. The zero-order valence-electron chi connectivity index (χ0n) is 15.1. The third-order valence-corrected chi connectivity index (χ3v) is 5.11. The van der Waals surface area contributed by atoms with Gasteiger partial charge in [-0.15, -0.1) is 0 Å². The predicted octanol–water partition coefficient (Wildman–Crippen LogP) is 2.99. The highest BCUT2D eigenvalue weighted by molar-refractivity contribution is 5.80. The van der Waals surface area contributed by atoms with Crippen LogP contribution in [0.4, 0.5) is 5.69 Å². The van der Waals surface area contributed by atoms with Crippen LogP contribution in [-0.4, -0.2) is 35.1 Å². The number of fused-ring (bicyclic) bond motifs is 1. The van der Waals surface area contributed by atoms with Crippen molar-refractivity contribution in [3.63, 3.8) is 0 Å². The minimum Gasteiger partial charge on any atom is -0.371 e. The van der Waals surface area contributed by atoms with Crippen molar-refractivity contribution in [2.75, 3.05) is 24.5 Å². The Bertz CT molecular complexity index is 900. The maximum Gasteiger partial charge on any atom is 0.240 e. The van der Waals surface area contributed by atoms with Gasteiger partial charge in [0.1, 0.15) is 6.54 Å². The summed E-state index contributed by atoms with van der Waals surface area (Å²) >= 11 is 0. The predicted molar refractivity (Wildman–Crippen MR) is 104 cm³/mol. The van der Waals surface area contributed by atoms with Crippen LogP contribution in [0, 0.1) is 12.8 Å². The molecule has 2 heterocycles. The Balaban J connectivity index is 1.29. The molecular weight excluding hydrogens is 324 g/mol. The number of hydrogen-bond acceptors (Lipinski definition) is 3. The molecule has 1 fully saturated rings. The van der Waals surface area contributed by atoms with Gasteiger partial charge in [0, 0.05) is 25.3 Å². The number of amides is 1. The molecule has 1 N–H and O–H groups in total. The Hall–Kier alpha value is -2.82. The topological polar surface area (TPSA) is 50.2 Å². The van der Waals surface area contributed by atoms with Crippen molar-refractivity contribution in [1.82, 2.24) is 14.9 Å². The molecule has 3 aromatic rings. The normalized spacial score (nSPS) is 17.0. The number of aromatic nitrogens is 2. The van der Waals surface area contributed by atoms with E-state index in [-0.39, 0.29) is 5.91 Å². The lowest BCUT2D eigenvalue weighted by atomic mass is 10.1. The van der Waals surface area contributed by atoms with Gasteiger partial charge in [0.25, 0.3) is 0 Å². The molecule has 0 aliphatic carbocycles. The molecule has 2 aromatic carbocycles. The standard InChI is InChI=1S/C21H24N4O/c1-16-6-8-18(9-7-16)24-11-10-17(13-24)12-22-21(26)14-25-15-23-19-4-2-3-5-20(19)25/h2-9,15,17H,10-14H2,1H3,(H,22,26)/t17-/m1/s1. The minimum atomic E-state index is 0.0435. The monoisotopic (exact) mass is 348 g/mol. The first-order valence-corrected chi connectivity index (χ1v) is 9.17. The second-order valence-electron chi connectivity index (χ2n) is 7.10. The smallest absolute Gasteiger partial charge is 0.240 e. The molecule has 4 rings (SSSR count). The molecule has 5 nitrogen and oxygen atoms in total. The zero-order chi connectivity index (χ0) is 17.9. The molecule has 0 spiro atoms. The average molecular weight is 348 g/mol. The second-order valence-corrected chi connectivity index (χ2v) is 7.10. The summed E-state index contributed by atoms with van der Waals surface area (Å²) in [6.45, 7) is 5.20. The molecule has 0 unspecified atom stereocenters. The summed E-state index contributed by atoms with van der Waals surface area (Å²) in [6, 6.07) is 16.5. The maximum absolute atomic E-state index is 12.3. The van der Waals surface area contributed by atoms with Crippen LogP contribution in [0.1, 0.15) is 12.0 Å². The Labute approximate surface area is 153 Å². The number of hydrogen-bond donors (Lipinski definition) is 1. The lowest BCUT2D eigenvalue weighted by Crippen LogP contribution is -2.33. The lowest BCUT2D eigenvalue weighted by molar-refractivity contribution is -0.121. The fourth-order valence-electron chi connectivity index (χ4n) is 3.59. The van der Waals surface area contributed by atoms with E-state index in [0.717, 1.165) is 37.1 Å². The van der Waals surface area contributed by atoms with E-state index in [4.69, 9.17) is 0 Å². The van der Waals surface area contributed by atoms with Gasteiger partial charge in [-0.1, -0.05) is 29.8 Å². The van der Waals surface area contributed by atoms with Gasteiger partial charge in [0.15, 0.2) is 0 Å². The number of nitrogens with one attached hydrogen (secondary N) is 1. The first-order valence-electron chi connectivity index (χ1n) is 9.17. The van der Waals surface area contributed by atoms with Crippen LogP contribution in [0.5, 0.6) is 0 Å². The van der Waals surface area contributed by atoms with Crippen molar-refractivity contribution in [3.8, 4) is 0 Å². The van der Waals surface area contributed by atoms with E-state index in [1.54, 1.807) is 6.33 Å². The van der Waals surface area contributed by atoms with Crippen molar-refractivity contribution in [3.05, 3.63) is 60.4 Å². The third-order valence-electron chi connectivity index (χ3n) is 5.11. The first kappa shape index (κ1) is 16.6. The Kier molecular flexibility index (Phi) is 4.61. The molecule has 1 amide bonds. The lowest BCUT2D eigenvalue weighted by Gasteiger charge is -2.19. The van der Waals surface area contributed by atoms with E-state index in [0.29, 0.717) is 12.5 Å². The average Bonchev–Trinajstić information content (AvgIpc) is 3.28. The number of anilines is 1. The van der Waals surface area contributed by atoms with Gasteiger partial charge in [-0.05, 0) is 43.5 Å². The van der Waals surface area contributed by atoms with E-state index >= 15 is 0 Å². The third kappa shape index (κ3) is 3.57. The Morgan fingerprint density at radius 3 is 2.85 bits per heavy atom. The number of para-hydroxylation sites is 2. The van der Waals surface area contributed by atoms with Crippen LogP contribution < -0.4 is 10.2 Å². The molecule has 0 bridgehead atoms.